The Balaban J connectivity index is 1.23. The molecule has 0 bridgehead atoms. The zero-order chi connectivity index (χ0) is 33.2. The number of hydrogen-bond acceptors (Lipinski definition) is 7. The largest absolute Gasteiger partial charge is 0.508 e. The van der Waals surface area contributed by atoms with Crippen LogP contribution < -0.4 is 15.5 Å². The molecule has 1 aromatic heterocycles. The molecule has 4 N–H and O–H groups in total. The van der Waals surface area contributed by atoms with E-state index in [9.17, 15) is 14.3 Å². The smallest absolute Gasteiger partial charge is 0.258 e. The summed E-state index contributed by atoms with van der Waals surface area (Å²) in [5.74, 6) is -1.13. The number of H-pyrrole nitrogens is 1. The molecular formula is C37H38F2N6O3. The number of phenolic OH excluding ortho intramolecular Hbond substituents is 1. The van der Waals surface area contributed by atoms with Gasteiger partial charge in [-0.2, -0.15) is 5.10 Å². The highest BCUT2D eigenvalue weighted by Crippen LogP contribution is 2.35. The molecule has 2 aliphatic heterocycles. The third-order valence-electron chi connectivity index (χ3n) is 9.24. The standard InChI is InChI=1S/C37H38F2N6O3/c1-44-11-13-45(14-12-44)27-5-7-30(34(20-27)40-26-9-15-48-16-10-26)37(47)41-36-32-19-24(17-23-3-2-4-25(38)18-23)31(22-35(32)42-43-36)29-8-6-28(46)21-33(29)39/h2-8,18-22,26,40,46H,9-17H2,1H3,(H2,41,42,43,47). The van der Waals surface area contributed by atoms with E-state index in [1.807, 2.05) is 18.2 Å². The molecule has 5 aromatic rings. The number of hydrogen-bond donors (Lipinski definition) is 4. The summed E-state index contributed by atoms with van der Waals surface area (Å²) in [6.45, 7) is 5.10. The third-order valence-corrected chi connectivity index (χ3v) is 9.24. The number of fused-ring (bicyclic) bond motifs is 1. The second-order valence-electron chi connectivity index (χ2n) is 12.6. The van der Waals surface area contributed by atoms with Crippen LogP contribution in [0.15, 0.2) is 72.8 Å². The molecule has 1 amide bonds. The minimum atomic E-state index is -0.590. The highest BCUT2D eigenvalue weighted by atomic mass is 19.1. The van der Waals surface area contributed by atoms with Gasteiger partial charge < -0.3 is 30.3 Å². The van der Waals surface area contributed by atoms with Crippen molar-refractivity contribution < 1.29 is 23.4 Å². The molecule has 9 nitrogen and oxygen atoms in total. The van der Waals surface area contributed by atoms with Gasteiger partial charge in [0.1, 0.15) is 17.4 Å². The van der Waals surface area contributed by atoms with Gasteiger partial charge in [0.05, 0.1) is 11.1 Å². The number of aromatic amines is 1. The van der Waals surface area contributed by atoms with Gasteiger partial charge in [-0.25, -0.2) is 8.78 Å². The Morgan fingerprint density at radius 3 is 2.56 bits per heavy atom. The van der Waals surface area contributed by atoms with Gasteiger partial charge in [0.25, 0.3) is 5.91 Å². The number of aromatic hydroxyl groups is 1. The molecule has 48 heavy (non-hydrogen) atoms. The second kappa shape index (κ2) is 13.6. The number of likely N-dealkylation sites (N-methyl/N-ethyl adjacent to an activating group) is 1. The summed E-state index contributed by atoms with van der Waals surface area (Å²) in [5, 5.41) is 24.5. The highest BCUT2D eigenvalue weighted by molar-refractivity contribution is 6.11. The number of amides is 1. The molecule has 4 aromatic carbocycles. The van der Waals surface area contributed by atoms with E-state index >= 15 is 4.39 Å². The minimum Gasteiger partial charge on any atom is -0.508 e. The Morgan fingerprint density at radius 1 is 0.979 bits per heavy atom. The molecule has 2 fully saturated rings. The van der Waals surface area contributed by atoms with E-state index in [-0.39, 0.29) is 29.1 Å². The number of nitrogens with one attached hydrogen (secondary N) is 3. The number of phenols is 1. The zero-order valence-electron chi connectivity index (χ0n) is 26.7. The topological polar surface area (TPSA) is 106 Å². The molecule has 0 radical (unpaired) electrons. The lowest BCUT2D eigenvalue weighted by Gasteiger charge is -2.34. The number of aromatic nitrogens is 2. The second-order valence-corrected chi connectivity index (χ2v) is 12.6. The summed E-state index contributed by atoms with van der Waals surface area (Å²) in [4.78, 5) is 18.6. The summed E-state index contributed by atoms with van der Waals surface area (Å²) >= 11 is 0. The Kier molecular flexibility index (Phi) is 8.96. The van der Waals surface area contributed by atoms with Gasteiger partial charge in [0, 0.05) is 73.8 Å². The Bertz CT molecular complexity index is 1950. The molecule has 0 aliphatic carbocycles. The van der Waals surface area contributed by atoms with Gasteiger partial charge in [0.2, 0.25) is 0 Å². The molecule has 7 rings (SSSR count). The molecule has 2 aliphatic rings. The molecule has 0 spiro atoms. The van der Waals surface area contributed by atoms with Crippen LogP contribution in [0.3, 0.4) is 0 Å². The number of nitrogens with zero attached hydrogens (tertiary/aromatic N) is 3. The van der Waals surface area contributed by atoms with E-state index in [0.29, 0.717) is 58.6 Å². The summed E-state index contributed by atoms with van der Waals surface area (Å²) in [6, 6.07) is 20.0. The first kappa shape index (κ1) is 31.6. The lowest BCUT2D eigenvalue weighted by Crippen LogP contribution is -2.44. The number of piperazine rings is 1. The van der Waals surface area contributed by atoms with Crippen molar-refractivity contribution in [3.05, 3.63) is 101 Å². The van der Waals surface area contributed by atoms with Crippen LogP contribution in [0.25, 0.3) is 22.0 Å². The van der Waals surface area contributed by atoms with Crippen molar-refractivity contribution in [2.45, 2.75) is 25.3 Å². The van der Waals surface area contributed by atoms with Crippen LogP contribution in [-0.2, 0) is 11.2 Å². The van der Waals surface area contributed by atoms with E-state index in [1.165, 1.54) is 24.3 Å². The molecule has 3 heterocycles. The first-order chi connectivity index (χ1) is 23.3. The van der Waals surface area contributed by atoms with Crippen molar-refractivity contribution in [1.29, 1.82) is 0 Å². The van der Waals surface area contributed by atoms with Crippen molar-refractivity contribution in [2.75, 3.05) is 62.0 Å². The highest BCUT2D eigenvalue weighted by Gasteiger charge is 2.23. The molecule has 0 unspecified atom stereocenters. The van der Waals surface area contributed by atoms with E-state index in [2.05, 4.69) is 43.7 Å². The fourth-order valence-corrected chi connectivity index (χ4v) is 6.54. The van der Waals surface area contributed by atoms with Crippen LogP contribution in [0.1, 0.15) is 34.3 Å². The number of ether oxygens (including phenoxy) is 1. The summed E-state index contributed by atoms with van der Waals surface area (Å²) in [6.07, 6.45) is 2.00. The van der Waals surface area contributed by atoms with Gasteiger partial charge in [-0.3, -0.25) is 9.89 Å². The summed E-state index contributed by atoms with van der Waals surface area (Å²) in [7, 11) is 2.12. The summed E-state index contributed by atoms with van der Waals surface area (Å²) in [5.41, 5.74) is 5.16. The van der Waals surface area contributed by atoms with Crippen molar-refractivity contribution >= 4 is 34.0 Å². The van der Waals surface area contributed by atoms with Crippen LogP contribution in [0.2, 0.25) is 0 Å². The van der Waals surface area contributed by atoms with Gasteiger partial charge in [0.15, 0.2) is 5.82 Å². The van der Waals surface area contributed by atoms with E-state index < -0.39 is 5.82 Å². The number of benzene rings is 4. The summed E-state index contributed by atoms with van der Waals surface area (Å²) < 4.78 is 34.8. The lowest BCUT2D eigenvalue weighted by molar-refractivity contribution is 0.0904. The third kappa shape index (κ3) is 6.83. The monoisotopic (exact) mass is 652 g/mol. The van der Waals surface area contributed by atoms with Gasteiger partial charge >= 0.3 is 0 Å². The van der Waals surface area contributed by atoms with Crippen LogP contribution in [0.4, 0.5) is 26.0 Å². The number of halogens is 2. The fraction of sp³-hybridized carbons (Fsp3) is 0.297. The maximum absolute atomic E-state index is 15.1. The quantitative estimate of drug-likeness (QED) is 0.154. The number of carbonyl (C=O) groups excluding carboxylic acids is 1. The molecule has 248 valence electrons. The minimum absolute atomic E-state index is 0.183. The van der Waals surface area contributed by atoms with Gasteiger partial charge in [-0.05, 0) is 97.6 Å². The van der Waals surface area contributed by atoms with Crippen LogP contribution in [0, 0.1) is 11.6 Å². The normalized spacial score (nSPS) is 15.9. The predicted molar refractivity (Wildman–Crippen MR) is 184 cm³/mol. The average molecular weight is 653 g/mol. The van der Waals surface area contributed by atoms with Crippen LogP contribution in [-0.4, -0.2) is 78.6 Å². The fourth-order valence-electron chi connectivity index (χ4n) is 6.54. The lowest BCUT2D eigenvalue weighted by atomic mass is 9.93. The van der Waals surface area contributed by atoms with Crippen molar-refractivity contribution in [3.63, 3.8) is 0 Å². The molecular weight excluding hydrogens is 614 g/mol. The van der Waals surface area contributed by atoms with Crippen molar-refractivity contribution in [1.82, 2.24) is 15.1 Å². The Labute approximate surface area is 277 Å². The maximum atomic E-state index is 15.1. The number of anilines is 3. The first-order valence-corrected chi connectivity index (χ1v) is 16.3. The first-order valence-electron chi connectivity index (χ1n) is 16.3. The Morgan fingerprint density at radius 2 is 1.79 bits per heavy atom. The van der Waals surface area contributed by atoms with E-state index in [1.54, 1.807) is 18.2 Å². The molecule has 2 saturated heterocycles. The number of rotatable bonds is 8. The molecule has 0 atom stereocenters. The van der Waals surface area contributed by atoms with E-state index in [4.69, 9.17) is 4.74 Å². The molecule has 0 saturated carbocycles. The van der Waals surface area contributed by atoms with Gasteiger partial charge in [-0.1, -0.05) is 12.1 Å². The van der Waals surface area contributed by atoms with Crippen LogP contribution in [0.5, 0.6) is 5.75 Å². The zero-order valence-corrected chi connectivity index (χ0v) is 26.7. The molecule has 11 heteroatoms. The Hall–Kier alpha value is -5.00. The van der Waals surface area contributed by atoms with Crippen LogP contribution >= 0.6 is 0 Å². The maximum Gasteiger partial charge on any atom is 0.258 e. The van der Waals surface area contributed by atoms with Gasteiger partial charge in [-0.15, -0.1) is 0 Å². The SMILES string of the molecule is CN1CCN(c2ccc(C(=O)Nc3n[nH]c4cc(-c5ccc(O)cc5F)c(Cc5cccc(F)c5)cc34)c(NC3CCOCC3)c2)CC1. The van der Waals surface area contributed by atoms with Crippen molar-refractivity contribution in [2.24, 2.45) is 0 Å². The number of carbonyl (C=O) groups is 1. The van der Waals surface area contributed by atoms with E-state index in [0.717, 1.165) is 56.5 Å². The van der Waals surface area contributed by atoms with Crippen molar-refractivity contribution in [3.8, 4) is 16.9 Å². The average Bonchev–Trinajstić information content (AvgIpc) is 3.46. The predicted octanol–water partition coefficient (Wildman–Crippen LogP) is 6.40.